The SMILES string of the molecule is CCCCCNC(C=CCCOC(=O)c1ccccc1)C(N)=O. The number of hydrogen-bond donors (Lipinski definition) is 2. The zero-order valence-electron chi connectivity index (χ0n) is 13.7. The highest BCUT2D eigenvalue weighted by molar-refractivity contribution is 5.89. The number of ether oxygens (including phenoxy) is 1. The highest BCUT2D eigenvalue weighted by atomic mass is 16.5. The van der Waals surface area contributed by atoms with Gasteiger partial charge in [0.1, 0.15) is 6.04 Å². The highest BCUT2D eigenvalue weighted by Crippen LogP contribution is 2.02. The fourth-order valence-electron chi connectivity index (χ4n) is 2.01. The first-order valence-corrected chi connectivity index (χ1v) is 8.06. The molecule has 0 radical (unpaired) electrons. The van der Waals surface area contributed by atoms with Crippen molar-refractivity contribution in [1.82, 2.24) is 5.32 Å². The van der Waals surface area contributed by atoms with E-state index in [-0.39, 0.29) is 12.6 Å². The van der Waals surface area contributed by atoms with E-state index in [1.54, 1.807) is 36.4 Å². The number of rotatable bonds is 11. The smallest absolute Gasteiger partial charge is 0.338 e. The van der Waals surface area contributed by atoms with Gasteiger partial charge in [0.15, 0.2) is 0 Å². The van der Waals surface area contributed by atoms with E-state index in [9.17, 15) is 9.59 Å². The van der Waals surface area contributed by atoms with E-state index in [0.717, 1.165) is 25.8 Å². The maximum Gasteiger partial charge on any atom is 0.338 e. The van der Waals surface area contributed by atoms with Gasteiger partial charge in [0.2, 0.25) is 5.91 Å². The van der Waals surface area contributed by atoms with Crippen LogP contribution in [0.3, 0.4) is 0 Å². The van der Waals surface area contributed by atoms with Gasteiger partial charge < -0.3 is 15.8 Å². The molecule has 0 aliphatic heterocycles. The molecular weight excluding hydrogens is 292 g/mol. The Kier molecular flexibility index (Phi) is 9.40. The lowest BCUT2D eigenvalue weighted by Gasteiger charge is -2.11. The number of carbonyl (C=O) groups is 2. The largest absolute Gasteiger partial charge is 0.462 e. The summed E-state index contributed by atoms with van der Waals surface area (Å²) in [5.41, 5.74) is 5.88. The van der Waals surface area contributed by atoms with Crippen molar-refractivity contribution >= 4 is 11.9 Å². The third-order valence-electron chi connectivity index (χ3n) is 3.31. The molecule has 1 atom stereocenters. The van der Waals surface area contributed by atoms with Crippen LogP contribution in [-0.4, -0.2) is 31.1 Å². The molecule has 0 bridgehead atoms. The van der Waals surface area contributed by atoms with Crippen LogP contribution in [0.5, 0.6) is 0 Å². The maximum atomic E-state index is 11.7. The van der Waals surface area contributed by atoms with Crippen LogP contribution in [0, 0.1) is 0 Å². The molecule has 0 saturated carbocycles. The Morgan fingerprint density at radius 3 is 2.65 bits per heavy atom. The van der Waals surface area contributed by atoms with Crippen molar-refractivity contribution in [3.63, 3.8) is 0 Å². The third-order valence-corrected chi connectivity index (χ3v) is 3.31. The van der Waals surface area contributed by atoms with Crippen LogP contribution in [-0.2, 0) is 9.53 Å². The van der Waals surface area contributed by atoms with Gasteiger partial charge in [0, 0.05) is 0 Å². The Balaban J connectivity index is 2.27. The van der Waals surface area contributed by atoms with E-state index in [0.29, 0.717) is 12.0 Å². The molecule has 0 aromatic heterocycles. The monoisotopic (exact) mass is 318 g/mol. The summed E-state index contributed by atoms with van der Waals surface area (Å²) < 4.78 is 5.16. The molecule has 1 aromatic rings. The van der Waals surface area contributed by atoms with E-state index in [1.807, 2.05) is 6.07 Å². The van der Waals surface area contributed by atoms with E-state index < -0.39 is 11.9 Å². The maximum absolute atomic E-state index is 11.7. The van der Waals surface area contributed by atoms with Gasteiger partial charge >= 0.3 is 5.97 Å². The second-order valence-corrected chi connectivity index (χ2v) is 5.26. The van der Waals surface area contributed by atoms with Crippen LogP contribution in [0.2, 0.25) is 0 Å². The molecule has 0 heterocycles. The van der Waals surface area contributed by atoms with Crippen molar-refractivity contribution in [2.75, 3.05) is 13.2 Å². The molecule has 1 rings (SSSR count). The number of carbonyl (C=O) groups excluding carboxylic acids is 2. The normalized spacial score (nSPS) is 12.2. The Hall–Kier alpha value is -2.14. The van der Waals surface area contributed by atoms with Gasteiger partial charge in [-0.25, -0.2) is 4.79 Å². The standard InChI is InChI=1S/C18H26N2O3/c1-2-3-8-13-20-16(17(19)21)12-7-9-14-23-18(22)15-10-5-4-6-11-15/h4-7,10-12,16,20H,2-3,8-9,13-14H2,1H3,(H2,19,21). The molecule has 1 aromatic carbocycles. The van der Waals surface area contributed by atoms with Crippen molar-refractivity contribution in [2.45, 2.75) is 38.6 Å². The lowest BCUT2D eigenvalue weighted by molar-refractivity contribution is -0.118. The van der Waals surface area contributed by atoms with Crippen LogP contribution in [0.25, 0.3) is 0 Å². The van der Waals surface area contributed by atoms with E-state index in [4.69, 9.17) is 10.5 Å². The number of esters is 1. The van der Waals surface area contributed by atoms with Crippen molar-refractivity contribution in [3.8, 4) is 0 Å². The second kappa shape index (κ2) is 11.4. The lowest BCUT2D eigenvalue weighted by atomic mass is 10.2. The minimum Gasteiger partial charge on any atom is -0.462 e. The average molecular weight is 318 g/mol. The van der Waals surface area contributed by atoms with Gasteiger partial charge in [-0.15, -0.1) is 0 Å². The second-order valence-electron chi connectivity index (χ2n) is 5.26. The third kappa shape index (κ3) is 8.16. The molecule has 5 nitrogen and oxygen atoms in total. The van der Waals surface area contributed by atoms with E-state index in [2.05, 4.69) is 12.2 Å². The van der Waals surface area contributed by atoms with Gasteiger partial charge in [-0.3, -0.25) is 4.79 Å². The summed E-state index contributed by atoms with van der Waals surface area (Å²) in [4.78, 5) is 23.1. The van der Waals surface area contributed by atoms with E-state index >= 15 is 0 Å². The molecule has 0 aliphatic carbocycles. The quantitative estimate of drug-likeness (QED) is 0.373. The molecule has 0 spiro atoms. The Morgan fingerprint density at radius 2 is 2.00 bits per heavy atom. The number of nitrogens with one attached hydrogen (secondary N) is 1. The van der Waals surface area contributed by atoms with Gasteiger partial charge in [-0.2, -0.15) is 0 Å². The van der Waals surface area contributed by atoms with E-state index in [1.165, 1.54) is 0 Å². The first kappa shape index (κ1) is 18.9. The Labute approximate surface area is 137 Å². The fraction of sp³-hybridized carbons (Fsp3) is 0.444. The van der Waals surface area contributed by atoms with Crippen molar-refractivity contribution < 1.29 is 14.3 Å². The number of benzene rings is 1. The fourth-order valence-corrected chi connectivity index (χ4v) is 2.01. The number of nitrogens with two attached hydrogens (primary N) is 1. The molecule has 0 aliphatic rings. The van der Waals surface area contributed by atoms with Crippen LogP contribution in [0.15, 0.2) is 42.5 Å². The summed E-state index contributed by atoms with van der Waals surface area (Å²) in [6.45, 7) is 3.16. The number of hydrogen-bond acceptors (Lipinski definition) is 4. The predicted molar refractivity (Wildman–Crippen MR) is 91.0 cm³/mol. The predicted octanol–water partition coefficient (Wildman–Crippen LogP) is 2.42. The zero-order chi connectivity index (χ0) is 16.9. The molecule has 0 fully saturated rings. The molecular formula is C18H26N2O3. The summed E-state index contributed by atoms with van der Waals surface area (Å²) in [6, 6.07) is 8.37. The highest BCUT2D eigenvalue weighted by Gasteiger charge is 2.09. The minimum absolute atomic E-state index is 0.269. The summed E-state index contributed by atoms with van der Waals surface area (Å²) in [7, 11) is 0. The molecule has 1 unspecified atom stereocenters. The van der Waals surface area contributed by atoms with Gasteiger partial charge in [-0.05, 0) is 31.5 Å². The summed E-state index contributed by atoms with van der Waals surface area (Å²) in [5.74, 6) is -0.748. The van der Waals surface area contributed by atoms with Crippen molar-refractivity contribution in [3.05, 3.63) is 48.0 Å². The van der Waals surface area contributed by atoms with Crippen LogP contribution < -0.4 is 11.1 Å². The number of unbranched alkanes of at least 4 members (excludes halogenated alkanes) is 2. The van der Waals surface area contributed by atoms with Crippen LogP contribution in [0.1, 0.15) is 43.0 Å². The number of amides is 1. The van der Waals surface area contributed by atoms with Gasteiger partial charge in [0.05, 0.1) is 12.2 Å². The van der Waals surface area contributed by atoms with Crippen LogP contribution >= 0.6 is 0 Å². The molecule has 23 heavy (non-hydrogen) atoms. The van der Waals surface area contributed by atoms with Gasteiger partial charge in [0.25, 0.3) is 0 Å². The van der Waals surface area contributed by atoms with Crippen LogP contribution in [0.4, 0.5) is 0 Å². The summed E-state index contributed by atoms with van der Waals surface area (Å²) in [6.07, 6.45) is 7.34. The van der Waals surface area contributed by atoms with Gasteiger partial charge in [-0.1, -0.05) is 50.1 Å². The lowest BCUT2D eigenvalue weighted by Crippen LogP contribution is -2.40. The first-order chi connectivity index (χ1) is 11.1. The molecule has 1 amide bonds. The van der Waals surface area contributed by atoms with Crippen molar-refractivity contribution in [1.29, 1.82) is 0 Å². The minimum atomic E-state index is -0.475. The van der Waals surface area contributed by atoms with Crippen molar-refractivity contribution in [2.24, 2.45) is 5.73 Å². The molecule has 3 N–H and O–H groups in total. The average Bonchev–Trinajstić information content (AvgIpc) is 2.56. The molecule has 126 valence electrons. The summed E-state index contributed by atoms with van der Waals surface area (Å²) >= 11 is 0. The topological polar surface area (TPSA) is 81.4 Å². The molecule has 0 saturated heterocycles. The first-order valence-electron chi connectivity index (χ1n) is 8.06. The zero-order valence-corrected chi connectivity index (χ0v) is 13.7. The Morgan fingerprint density at radius 1 is 1.26 bits per heavy atom. The Bertz CT molecular complexity index is 500. The number of primary amides is 1. The summed E-state index contributed by atoms with van der Waals surface area (Å²) in [5, 5.41) is 3.11. The molecule has 5 heteroatoms.